The molecular formula is C14H21NO3S. The molecule has 0 spiro atoms. The average molecular weight is 283 g/mol. The number of rotatable bonds is 5. The summed E-state index contributed by atoms with van der Waals surface area (Å²) in [7, 11) is -1.63. The fourth-order valence-electron chi connectivity index (χ4n) is 2.94. The predicted molar refractivity (Wildman–Crippen MR) is 76.0 cm³/mol. The lowest BCUT2D eigenvalue weighted by atomic mass is 10.0. The molecule has 1 aliphatic carbocycles. The van der Waals surface area contributed by atoms with Gasteiger partial charge in [-0.15, -0.1) is 0 Å². The first-order valence-corrected chi connectivity index (χ1v) is 8.35. The van der Waals surface area contributed by atoms with E-state index in [-0.39, 0.29) is 12.5 Å². The van der Waals surface area contributed by atoms with Crippen LogP contribution in [0.3, 0.4) is 0 Å². The zero-order valence-electron chi connectivity index (χ0n) is 11.6. The highest BCUT2D eigenvalue weighted by molar-refractivity contribution is 7.91. The third-order valence-electron chi connectivity index (χ3n) is 3.91. The summed E-state index contributed by atoms with van der Waals surface area (Å²) >= 11 is 0. The minimum atomic E-state index is -3.18. The molecule has 0 amide bonds. The molecule has 0 bridgehead atoms. The molecular weight excluding hydrogens is 262 g/mol. The molecule has 1 aliphatic rings. The number of sulfone groups is 1. The third-order valence-corrected chi connectivity index (χ3v) is 5.54. The van der Waals surface area contributed by atoms with E-state index in [0.29, 0.717) is 0 Å². The van der Waals surface area contributed by atoms with Gasteiger partial charge in [0.15, 0.2) is 9.84 Å². The molecule has 1 fully saturated rings. The number of nitrogens with two attached hydrogens (primary N) is 1. The summed E-state index contributed by atoms with van der Waals surface area (Å²) in [4.78, 5) is 0. The lowest BCUT2D eigenvalue weighted by molar-refractivity contribution is 0.171. The van der Waals surface area contributed by atoms with E-state index in [9.17, 15) is 8.42 Å². The molecule has 0 heterocycles. The molecule has 106 valence electrons. The van der Waals surface area contributed by atoms with E-state index in [1.807, 2.05) is 24.3 Å². The lowest BCUT2D eigenvalue weighted by Gasteiger charge is -2.10. The van der Waals surface area contributed by atoms with E-state index >= 15 is 0 Å². The maximum absolute atomic E-state index is 11.9. The fourth-order valence-corrected chi connectivity index (χ4v) is 4.77. The standard InChI is InChI=1S/C14H21NO3S/c1-4-10-5-7-11(8-6-10)12-13(19(3,16)17)14(12,15)9-18-2/h5-8,12-13H,4,9,15H2,1-3H3/t12-,13+,14-/m1/s1. The van der Waals surface area contributed by atoms with Gasteiger partial charge in [-0.2, -0.15) is 0 Å². The summed E-state index contributed by atoms with van der Waals surface area (Å²) in [6, 6.07) is 8.01. The van der Waals surface area contributed by atoms with Gasteiger partial charge in [0, 0.05) is 19.3 Å². The summed E-state index contributed by atoms with van der Waals surface area (Å²) in [6.45, 7) is 2.34. The van der Waals surface area contributed by atoms with Crippen LogP contribution in [0, 0.1) is 0 Å². The van der Waals surface area contributed by atoms with Gasteiger partial charge in [-0.25, -0.2) is 8.42 Å². The van der Waals surface area contributed by atoms with Gasteiger partial charge in [0.2, 0.25) is 0 Å². The van der Waals surface area contributed by atoms with Crippen molar-refractivity contribution in [2.45, 2.75) is 30.1 Å². The molecule has 0 saturated heterocycles. The molecule has 4 nitrogen and oxygen atoms in total. The van der Waals surface area contributed by atoms with Gasteiger partial charge in [0.05, 0.1) is 17.4 Å². The van der Waals surface area contributed by atoms with Crippen molar-refractivity contribution in [1.82, 2.24) is 0 Å². The van der Waals surface area contributed by atoms with Crippen molar-refractivity contribution in [3.8, 4) is 0 Å². The summed E-state index contributed by atoms with van der Waals surface area (Å²) in [5, 5.41) is -0.549. The van der Waals surface area contributed by atoms with Gasteiger partial charge in [-0.3, -0.25) is 0 Å². The Morgan fingerprint density at radius 1 is 1.32 bits per heavy atom. The molecule has 1 aromatic carbocycles. The number of aryl methyl sites for hydroxylation is 1. The van der Waals surface area contributed by atoms with Gasteiger partial charge in [-0.1, -0.05) is 31.2 Å². The van der Waals surface area contributed by atoms with Crippen LogP contribution < -0.4 is 5.73 Å². The van der Waals surface area contributed by atoms with E-state index in [1.54, 1.807) is 7.11 Å². The SMILES string of the molecule is CCc1ccc([C@@H]2[C@H](S(C)(=O)=O)[C@@]2(N)COC)cc1. The maximum atomic E-state index is 11.9. The molecule has 2 rings (SSSR count). The highest BCUT2D eigenvalue weighted by Gasteiger charge is 2.67. The molecule has 0 radical (unpaired) electrons. The Labute approximate surface area is 114 Å². The monoisotopic (exact) mass is 283 g/mol. The Balaban J connectivity index is 2.32. The van der Waals surface area contributed by atoms with Crippen molar-refractivity contribution >= 4 is 9.84 Å². The number of hydrogen-bond donors (Lipinski definition) is 1. The third kappa shape index (κ3) is 2.55. The van der Waals surface area contributed by atoms with Crippen molar-refractivity contribution in [3.63, 3.8) is 0 Å². The van der Waals surface area contributed by atoms with E-state index < -0.39 is 20.6 Å². The normalized spacial score (nSPS) is 30.3. The predicted octanol–water partition coefficient (Wildman–Crippen LogP) is 1.10. The largest absolute Gasteiger partial charge is 0.383 e. The van der Waals surface area contributed by atoms with E-state index in [0.717, 1.165) is 12.0 Å². The first-order chi connectivity index (χ1) is 8.84. The van der Waals surface area contributed by atoms with Crippen LogP contribution in [0.25, 0.3) is 0 Å². The van der Waals surface area contributed by atoms with Crippen LogP contribution in [0.5, 0.6) is 0 Å². The van der Waals surface area contributed by atoms with Crippen molar-refractivity contribution in [1.29, 1.82) is 0 Å². The highest BCUT2D eigenvalue weighted by atomic mass is 32.2. The zero-order chi connectivity index (χ0) is 14.3. The van der Waals surface area contributed by atoms with E-state index in [1.165, 1.54) is 11.8 Å². The van der Waals surface area contributed by atoms with Crippen LogP contribution in [0.1, 0.15) is 24.0 Å². The Kier molecular flexibility index (Phi) is 3.73. The van der Waals surface area contributed by atoms with Crippen LogP contribution in [0.15, 0.2) is 24.3 Å². The summed E-state index contributed by atoms with van der Waals surface area (Å²) in [6.07, 6.45) is 2.21. The topological polar surface area (TPSA) is 69.4 Å². The summed E-state index contributed by atoms with van der Waals surface area (Å²) in [5.74, 6) is -0.173. The second kappa shape index (κ2) is 4.89. The number of benzene rings is 1. The Hall–Kier alpha value is -0.910. The van der Waals surface area contributed by atoms with Gasteiger partial charge >= 0.3 is 0 Å². The van der Waals surface area contributed by atoms with Crippen molar-refractivity contribution < 1.29 is 13.2 Å². The van der Waals surface area contributed by atoms with Gasteiger partial charge in [0.25, 0.3) is 0 Å². The molecule has 3 atom stereocenters. The van der Waals surface area contributed by atoms with E-state index in [4.69, 9.17) is 10.5 Å². The van der Waals surface area contributed by atoms with Crippen LogP contribution in [-0.2, 0) is 21.0 Å². The highest BCUT2D eigenvalue weighted by Crippen LogP contribution is 2.53. The quantitative estimate of drug-likeness (QED) is 0.878. The summed E-state index contributed by atoms with van der Waals surface area (Å²) < 4.78 is 28.8. The molecule has 0 aromatic heterocycles. The molecule has 19 heavy (non-hydrogen) atoms. The minimum absolute atomic E-state index is 0.173. The van der Waals surface area contributed by atoms with Gasteiger partial charge < -0.3 is 10.5 Å². The fraction of sp³-hybridized carbons (Fsp3) is 0.571. The first kappa shape index (κ1) is 14.5. The molecule has 1 saturated carbocycles. The molecule has 1 aromatic rings. The number of methoxy groups -OCH3 is 1. The molecule has 0 aliphatic heterocycles. The maximum Gasteiger partial charge on any atom is 0.152 e. The van der Waals surface area contributed by atoms with Crippen molar-refractivity contribution in [2.75, 3.05) is 20.0 Å². The van der Waals surface area contributed by atoms with Gasteiger partial charge in [0.1, 0.15) is 0 Å². The summed E-state index contributed by atoms with van der Waals surface area (Å²) in [5.41, 5.74) is 7.64. The van der Waals surface area contributed by atoms with Crippen LogP contribution in [0.4, 0.5) is 0 Å². The number of ether oxygens (including phenoxy) is 1. The minimum Gasteiger partial charge on any atom is -0.383 e. The molecule has 2 N–H and O–H groups in total. The average Bonchev–Trinajstić information content (AvgIpc) is 2.96. The number of hydrogen-bond acceptors (Lipinski definition) is 4. The van der Waals surface area contributed by atoms with Crippen LogP contribution >= 0.6 is 0 Å². The Bertz CT molecular complexity index is 553. The second-order valence-corrected chi connectivity index (χ2v) is 7.54. The zero-order valence-corrected chi connectivity index (χ0v) is 12.4. The Morgan fingerprint density at radius 3 is 2.32 bits per heavy atom. The second-order valence-electron chi connectivity index (χ2n) is 5.37. The van der Waals surface area contributed by atoms with Gasteiger partial charge in [-0.05, 0) is 17.5 Å². The smallest absolute Gasteiger partial charge is 0.152 e. The lowest BCUT2D eigenvalue weighted by Crippen LogP contribution is -2.35. The molecule has 0 unspecified atom stereocenters. The van der Waals surface area contributed by atoms with Crippen molar-refractivity contribution in [2.24, 2.45) is 5.73 Å². The van der Waals surface area contributed by atoms with Crippen LogP contribution in [0.2, 0.25) is 0 Å². The molecule has 5 heteroatoms. The van der Waals surface area contributed by atoms with Crippen molar-refractivity contribution in [3.05, 3.63) is 35.4 Å². The van der Waals surface area contributed by atoms with E-state index in [2.05, 4.69) is 6.92 Å². The van der Waals surface area contributed by atoms with Crippen LogP contribution in [-0.4, -0.2) is 39.2 Å². The first-order valence-electron chi connectivity index (χ1n) is 6.40. The Morgan fingerprint density at radius 2 is 1.89 bits per heavy atom.